The van der Waals surface area contributed by atoms with Crippen molar-refractivity contribution in [1.82, 2.24) is 4.90 Å². The van der Waals surface area contributed by atoms with Crippen LogP contribution in [0.15, 0.2) is 18.2 Å². The summed E-state index contributed by atoms with van der Waals surface area (Å²) in [6, 6.07) is 7.11. The Hall–Kier alpha value is -1.06. The molecule has 2 rings (SSSR count). The van der Waals surface area contributed by atoms with Crippen LogP contribution in [0.25, 0.3) is 0 Å². The lowest BCUT2D eigenvalue weighted by Gasteiger charge is -2.36. The molecule has 1 aliphatic rings. The molecule has 1 saturated carbocycles. The zero-order valence-electron chi connectivity index (χ0n) is 13.1. The summed E-state index contributed by atoms with van der Waals surface area (Å²) in [6.07, 6.45) is 5.46. The number of hydrogen-bond donors (Lipinski definition) is 1. The molecule has 0 bridgehead atoms. The fourth-order valence-electron chi connectivity index (χ4n) is 3.41. The van der Waals surface area contributed by atoms with Gasteiger partial charge in [0, 0.05) is 24.7 Å². The van der Waals surface area contributed by atoms with E-state index in [2.05, 4.69) is 37.1 Å². The van der Waals surface area contributed by atoms with Gasteiger partial charge in [0.2, 0.25) is 0 Å². The minimum atomic E-state index is 0.527. The van der Waals surface area contributed by atoms with E-state index in [0.717, 1.165) is 23.8 Å². The highest BCUT2D eigenvalue weighted by molar-refractivity contribution is 5.37. The van der Waals surface area contributed by atoms with Crippen LogP contribution in [-0.4, -0.2) is 25.1 Å². The van der Waals surface area contributed by atoms with E-state index in [1.807, 2.05) is 0 Å². The van der Waals surface area contributed by atoms with Crippen LogP contribution in [0.4, 0.5) is 0 Å². The Balaban J connectivity index is 2.05. The van der Waals surface area contributed by atoms with Crippen LogP contribution in [0.5, 0.6) is 5.75 Å². The van der Waals surface area contributed by atoms with Crippen LogP contribution in [0.3, 0.4) is 0 Å². The van der Waals surface area contributed by atoms with Crippen LogP contribution in [-0.2, 0) is 13.1 Å². The molecule has 1 fully saturated rings. The van der Waals surface area contributed by atoms with Gasteiger partial charge in [-0.3, -0.25) is 4.90 Å². The van der Waals surface area contributed by atoms with E-state index in [-0.39, 0.29) is 0 Å². The molecule has 0 aromatic heterocycles. The molecule has 1 aromatic carbocycles. The summed E-state index contributed by atoms with van der Waals surface area (Å²) in [5.41, 5.74) is 8.10. The molecular formula is C17H28N2O. The number of methoxy groups -OCH3 is 1. The summed E-state index contributed by atoms with van der Waals surface area (Å²) >= 11 is 0. The lowest BCUT2D eigenvalue weighted by molar-refractivity contribution is 0.133. The second kappa shape index (κ2) is 7.09. The van der Waals surface area contributed by atoms with Gasteiger partial charge in [-0.2, -0.15) is 0 Å². The number of hydrogen-bond acceptors (Lipinski definition) is 3. The van der Waals surface area contributed by atoms with E-state index in [9.17, 15) is 0 Å². The first-order chi connectivity index (χ1) is 9.65. The number of benzene rings is 1. The highest BCUT2D eigenvalue weighted by atomic mass is 16.5. The highest BCUT2D eigenvalue weighted by Gasteiger charge is 2.24. The summed E-state index contributed by atoms with van der Waals surface area (Å²) in [5, 5.41) is 0. The third-order valence-corrected chi connectivity index (χ3v) is 4.64. The SMILES string of the molecule is COc1cc(CN(C)C2CCCCC2C)ccc1CN. The molecule has 0 radical (unpaired) electrons. The minimum Gasteiger partial charge on any atom is -0.496 e. The van der Waals surface area contributed by atoms with Gasteiger partial charge in [-0.1, -0.05) is 31.9 Å². The molecule has 0 heterocycles. The van der Waals surface area contributed by atoms with E-state index in [1.54, 1.807) is 7.11 Å². The topological polar surface area (TPSA) is 38.5 Å². The zero-order valence-corrected chi connectivity index (χ0v) is 13.1. The number of nitrogens with two attached hydrogens (primary N) is 1. The minimum absolute atomic E-state index is 0.527. The number of nitrogens with zero attached hydrogens (tertiary/aromatic N) is 1. The Labute approximate surface area is 123 Å². The predicted octanol–water partition coefficient (Wildman–Crippen LogP) is 3.16. The Kier molecular flexibility index (Phi) is 5.44. The van der Waals surface area contributed by atoms with Gasteiger partial charge < -0.3 is 10.5 Å². The van der Waals surface area contributed by atoms with Gasteiger partial charge in [0.15, 0.2) is 0 Å². The molecule has 20 heavy (non-hydrogen) atoms. The van der Waals surface area contributed by atoms with Crippen molar-refractivity contribution in [3.63, 3.8) is 0 Å². The van der Waals surface area contributed by atoms with Crippen molar-refractivity contribution in [2.24, 2.45) is 11.7 Å². The van der Waals surface area contributed by atoms with E-state index < -0.39 is 0 Å². The van der Waals surface area contributed by atoms with Crippen molar-refractivity contribution in [1.29, 1.82) is 0 Å². The van der Waals surface area contributed by atoms with Crippen molar-refractivity contribution in [2.75, 3.05) is 14.2 Å². The first kappa shape index (κ1) is 15.3. The lowest BCUT2D eigenvalue weighted by atomic mass is 9.85. The smallest absolute Gasteiger partial charge is 0.123 e. The third-order valence-electron chi connectivity index (χ3n) is 4.64. The largest absolute Gasteiger partial charge is 0.496 e. The average Bonchev–Trinajstić information content (AvgIpc) is 2.47. The number of rotatable bonds is 5. The second-order valence-electron chi connectivity index (χ2n) is 6.09. The first-order valence-corrected chi connectivity index (χ1v) is 7.71. The molecule has 2 unspecified atom stereocenters. The van der Waals surface area contributed by atoms with Crippen LogP contribution in [0.2, 0.25) is 0 Å². The molecule has 3 nitrogen and oxygen atoms in total. The van der Waals surface area contributed by atoms with Crippen LogP contribution < -0.4 is 10.5 Å². The molecular weight excluding hydrogens is 248 g/mol. The van der Waals surface area contributed by atoms with E-state index in [4.69, 9.17) is 10.5 Å². The fraction of sp³-hybridized carbons (Fsp3) is 0.647. The number of ether oxygens (including phenoxy) is 1. The summed E-state index contributed by atoms with van der Waals surface area (Å²) < 4.78 is 5.43. The quantitative estimate of drug-likeness (QED) is 0.897. The molecule has 0 aliphatic heterocycles. The molecule has 0 saturated heterocycles. The second-order valence-corrected chi connectivity index (χ2v) is 6.09. The molecule has 0 spiro atoms. The van der Waals surface area contributed by atoms with Gasteiger partial charge in [0.1, 0.15) is 5.75 Å². The van der Waals surface area contributed by atoms with Gasteiger partial charge in [-0.05, 0) is 37.4 Å². The normalized spacial score (nSPS) is 23.1. The van der Waals surface area contributed by atoms with E-state index in [1.165, 1.54) is 31.2 Å². The molecule has 0 amide bonds. The maximum absolute atomic E-state index is 5.72. The van der Waals surface area contributed by atoms with Crippen molar-refractivity contribution in [3.05, 3.63) is 29.3 Å². The van der Waals surface area contributed by atoms with Crippen LogP contribution >= 0.6 is 0 Å². The maximum Gasteiger partial charge on any atom is 0.123 e. The molecule has 1 aliphatic carbocycles. The first-order valence-electron chi connectivity index (χ1n) is 7.71. The molecule has 1 aromatic rings. The van der Waals surface area contributed by atoms with Gasteiger partial charge in [0.25, 0.3) is 0 Å². The Morgan fingerprint density at radius 2 is 2.05 bits per heavy atom. The van der Waals surface area contributed by atoms with Gasteiger partial charge in [-0.15, -0.1) is 0 Å². The summed E-state index contributed by atoms with van der Waals surface area (Å²) in [6.45, 7) is 3.90. The predicted molar refractivity (Wildman–Crippen MR) is 83.8 cm³/mol. The van der Waals surface area contributed by atoms with E-state index >= 15 is 0 Å². The van der Waals surface area contributed by atoms with Crippen LogP contribution in [0, 0.1) is 5.92 Å². The maximum atomic E-state index is 5.72. The van der Waals surface area contributed by atoms with Crippen molar-refractivity contribution < 1.29 is 4.74 Å². The monoisotopic (exact) mass is 276 g/mol. The molecule has 112 valence electrons. The van der Waals surface area contributed by atoms with E-state index in [0.29, 0.717) is 12.6 Å². The van der Waals surface area contributed by atoms with Crippen molar-refractivity contribution >= 4 is 0 Å². The molecule has 2 N–H and O–H groups in total. The summed E-state index contributed by atoms with van der Waals surface area (Å²) in [5.74, 6) is 1.72. The zero-order chi connectivity index (χ0) is 14.5. The summed E-state index contributed by atoms with van der Waals surface area (Å²) in [7, 11) is 3.96. The highest BCUT2D eigenvalue weighted by Crippen LogP contribution is 2.29. The third kappa shape index (κ3) is 3.53. The van der Waals surface area contributed by atoms with Crippen molar-refractivity contribution in [3.8, 4) is 5.75 Å². The van der Waals surface area contributed by atoms with Gasteiger partial charge in [0.05, 0.1) is 7.11 Å². The van der Waals surface area contributed by atoms with Crippen LogP contribution in [0.1, 0.15) is 43.7 Å². The molecule has 3 heteroatoms. The Morgan fingerprint density at radius 3 is 2.70 bits per heavy atom. The van der Waals surface area contributed by atoms with Gasteiger partial charge >= 0.3 is 0 Å². The summed E-state index contributed by atoms with van der Waals surface area (Å²) in [4.78, 5) is 2.50. The lowest BCUT2D eigenvalue weighted by Crippen LogP contribution is -2.38. The Bertz CT molecular complexity index is 433. The fourth-order valence-corrected chi connectivity index (χ4v) is 3.41. The standard InChI is InChI=1S/C17H28N2O/c1-13-6-4-5-7-16(13)19(2)12-14-8-9-15(11-18)17(10-14)20-3/h8-10,13,16H,4-7,11-12,18H2,1-3H3. The Morgan fingerprint density at radius 1 is 1.30 bits per heavy atom. The van der Waals surface area contributed by atoms with Gasteiger partial charge in [-0.25, -0.2) is 0 Å². The average molecular weight is 276 g/mol. The molecule has 2 atom stereocenters. The van der Waals surface area contributed by atoms with Crippen molar-refractivity contribution in [2.45, 2.75) is 51.7 Å².